The monoisotopic (exact) mass is 483 g/mol. The average Bonchev–Trinajstić information content (AvgIpc) is 3.37. The number of rotatable bonds is 6. The van der Waals surface area contributed by atoms with E-state index in [9.17, 15) is 25.0 Å². The van der Waals surface area contributed by atoms with Crippen LogP contribution in [0.1, 0.15) is 5.76 Å². The number of thioether (sulfide) groups is 1. The fourth-order valence-corrected chi connectivity index (χ4v) is 4.39. The molecule has 0 bridgehead atoms. The van der Waals surface area contributed by atoms with Gasteiger partial charge in [-0.3, -0.25) is 29.9 Å². The van der Waals surface area contributed by atoms with Crippen molar-refractivity contribution in [2.45, 2.75) is 0 Å². The minimum atomic E-state index is -0.525. The second kappa shape index (κ2) is 8.84. The molecule has 1 saturated heterocycles. The lowest BCUT2D eigenvalue weighted by atomic mass is 10.1. The van der Waals surface area contributed by atoms with E-state index in [2.05, 4.69) is 0 Å². The standard InChI is InChI=1S/C21H13N3O7S2/c1-30-18-10-14(24(28)29)6-8-16(18)17-9-7-15(31-17)11-19-20(25)22(21(32)33-19)12-2-4-13(5-3-12)23(26)27/h2-11H,1H3/b19-11-. The molecule has 1 fully saturated rings. The number of carbonyl (C=O) groups excluding carboxylic acids is 1. The number of methoxy groups -OCH3 is 1. The lowest BCUT2D eigenvalue weighted by molar-refractivity contribution is -0.385. The van der Waals surface area contributed by atoms with Gasteiger partial charge in [-0.25, -0.2) is 0 Å². The van der Waals surface area contributed by atoms with Crippen molar-refractivity contribution in [2.24, 2.45) is 0 Å². The number of thiocarbonyl (C=S) groups is 1. The Morgan fingerprint density at radius 2 is 1.70 bits per heavy atom. The van der Waals surface area contributed by atoms with Crippen molar-refractivity contribution in [3.05, 3.63) is 85.5 Å². The topological polar surface area (TPSA) is 129 Å². The first-order valence-electron chi connectivity index (χ1n) is 9.23. The molecule has 10 nitrogen and oxygen atoms in total. The summed E-state index contributed by atoms with van der Waals surface area (Å²) in [6.45, 7) is 0. The van der Waals surface area contributed by atoms with Crippen molar-refractivity contribution in [3.8, 4) is 17.1 Å². The van der Waals surface area contributed by atoms with Gasteiger partial charge in [0.2, 0.25) is 0 Å². The maximum absolute atomic E-state index is 12.9. The molecule has 0 spiro atoms. The van der Waals surface area contributed by atoms with Crippen LogP contribution in [0.25, 0.3) is 17.4 Å². The lowest BCUT2D eigenvalue weighted by Crippen LogP contribution is -2.27. The van der Waals surface area contributed by atoms with Gasteiger partial charge >= 0.3 is 0 Å². The number of hydrogen-bond acceptors (Lipinski definition) is 9. The first-order chi connectivity index (χ1) is 15.8. The van der Waals surface area contributed by atoms with Crippen LogP contribution < -0.4 is 9.64 Å². The van der Waals surface area contributed by atoms with E-state index < -0.39 is 9.85 Å². The fraction of sp³-hybridized carbons (Fsp3) is 0.0476. The molecule has 1 amide bonds. The Labute approximate surface area is 195 Å². The van der Waals surface area contributed by atoms with Crippen LogP contribution in [0.2, 0.25) is 0 Å². The second-order valence-electron chi connectivity index (χ2n) is 6.63. The molecule has 12 heteroatoms. The number of benzene rings is 2. The van der Waals surface area contributed by atoms with Gasteiger partial charge in [0.25, 0.3) is 17.3 Å². The number of nitro groups is 2. The van der Waals surface area contributed by atoms with Gasteiger partial charge < -0.3 is 9.15 Å². The summed E-state index contributed by atoms with van der Waals surface area (Å²) in [5.74, 6) is 0.660. The second-order valence-corrected chi connectivity index (χ2v) is 8.31. The quantitative estimate of drug-likeness (QED) is 0.201. The van der Waals surface area contributed by atoms with E-state index in [1.165, 1.54) is 60.6 Å². The van der Waals surface area contributed by atoms with Gasteiger partial charge in [-0.1, -0.05) is 24.0 Å². The summed E-state index contributed by atoms with van der Waals surface area (Å²) < 4.78 is 11.3. The van der Waals surface area contributed by atoms with Crippen molar-refractivity contribution >= 4 is 57.3 Å². The minimum Gasteiger partial charge on any atom is -0.496 e. The third-order valence-electron chi connectivity index (χ3n) is 4.67. The van der Waals surface area contributed by atoms with Gasteiger partial charge in [0.15, 0.2) is 4.32 Å². The molecule has 1 aromatic heterocycles. The molecule has 1 aliphatic rings. The molecule has 2 heterocycles. The summed E-state index contributed by atoms with van der Waals surface area (Å²) in [6.07, 6.45) is 1.53. The Morgan fingerprint density at radius 1 is 1.03 bits per heavy atom. The molecule has 166 valence electrons. The Balaban J connectivity index is 1.60. The molecular weight excluding hydrogens is 470 g/mol. The van der Waals surface area contributed by atoms with Gasteiger partial charge in [0.1, 0.15) is 17.3 Å². The van der Waals surface area contributed by atoms with Crippen molar-refractivity contribution in [1.29, 1.82) is 0 Å². The molecule has 0 radical (unpaired) electrons. The zero-order valence-corrected chi connectivity index (χ0v) is 18.4. The molecule has 0 saturated carbocycles. The van der Waals surface area contributed by atoms with Crippen molar-refractivity contribution in [1.82, 2.24) is 0 Å². The normalized spacial score (nSPS) is 14.7. The van der Waals surface area contributed by atoms with E-state index >= 15 is 0 Å². The van der Waals surface area contributed by atoms with Crippen LogP contribution >= 0.6 is 24.0 Å². The molecule has 0 unspecified atom stereocenters. The minimum absolute atomic E-state index is 0.0930. The number of carbonyl (C=O) groups is 1. The third-order valence-corrected chi connectivity index (χ3v) is 5.98. The Kier molecular flexibility index (Phi) is 5.94. The van der Waals surface area contributed by atoms with E-state index in [4.69, 9.17) is 21.4 Å². The average molecular weight is 483 g/mol. The molecule has 0 atom stereocenters. The van der Waals surface area contributed by atoms with Crippen molar-refractivity contribution in [3.63, 3.8) is 0 Å². The molecule has 1 aliphatic heterocycles. The maximum Gasteiger partial charge on any atom is 0.273 e. The van der Waals surface area contributed by atoms with E-state index in [1.54, 1.807) is 12.1 Å². The Bertz CT molecular complexity index is 1330. The first kappa shape index (κ1) is 22.2. The smallest absolute Gasteiger partial charge is 0.273 e. The molecule has 3 aromatic rings. The van der Waals surface area contributed by atoms with Crippen LogP contribution in [-0.4, -0.2) is 27.2 Å². The molecule has 2 aromatic carbocycles. The number of non-ortho nitro benzene ring substituents is 2. The van der Waals surface area contributed by atoms with Gasteiger partial charge in [-0.15, -0.1) is 0 Å². The third kappa shape index (κ3) is 4.33. The number of ether oxygens (including phenoxy) is 1. The predicted octanol–water partition coefficient (Wildman–Crippen LogP) is 5.18. The summed E-state index contributed by atoms with van der Waals surface area (Å²) in [4.78, 5) is 35.3. The van der Waals surface area contributed by atoms with Crippen LogP contribution in [0.4, 0.5) is 17.1 Å². The highest BCUT2D eigenvalue weighted by molar-refractivity contribution is 8.27. The van der Waals surface area contributed by atoms with Gasteiger partial charge in [0, 0.05) is 24.3 Å². The largest absolute Gasteiger partial charge is 0.496 e. The van der Waals surface area contributed by atoms with Crippen LogP contribution in [0.5, 0.6) is 5.75 Å². The summed E-state index contributed by atoms with van der Waals surface area (Å²) in [5, 5.41) is 21.8. The predicted molar refractivity (Wildman–Crippen MR) is 126 cm³/mol. The summed E-state index contributed by atoms with van der Waals surface area (Å²) in [6, 6.07) is 13.0. The number of nitrogens with zero attached hydrogens (tertiary/aromatic N) is 3. The zero-order chi connectivity index (χ0) is 23.7. The van der Waals surface area contributed by atoms with E-state index in [-0.39, 0.29) is 27.4 Å². The molecule has 0 aliphatic carbocycles. The van der Waals surface area contributed by atoms with E-state index in [1.807, 2.05) is 0 Å². The first-order valence-corrected chi connectivity index (χ1v) is 10.5. The highest BCUT2D eigenvalue weighted by Crippen LogP contribution is 2.38. The van der Waals surface area contributed by atoms with Crippen LogP contribution in [0.15, 0.2) is 63.9 Å². The van der Waals surface area contributed by atoms with Crippen LogP contribution in [0.3, 0.4) is 0 Å². The van der Waals surface area contributed by atoms with Crippen molar-refractivity contribution in [2.75, 3.05) is 12.0 Å². The number of anilines is 1. The number of furan rings is 1. The molecular formula is C21H13N3O7S2. The van der Waals surface area contributed by atoms with Gasteiger partial charge in [-0.05, 0) is 30.3 Å². The van der Waals surface area contributed by atoms with E-state index in [0.29, 0.717) is 27.7 Å². The number of hydrogen-bond donors (Lipinski definition) is 0. The zero-order valence-electron chi connectivity index (χ0n) is 16.8. The van der Waals surface area contributed by atoms with Gasteiger partial charge in [-0.2, -0.15) is 0 Å². The fourth-order valence-electron chi connectivity index (χ4n) is 3.12. The molecule has 33 heavy (non-hydrogen) atoms. The lowest BCUT2D eigenvalue weighted by Gasteiger charge is -2.13. The molecule has 4 rings (SSSR count). The summed E-state index contributed by atoms with van der Waals surface area (Å²) >= 11 is 6.39. The Morgan fingerprint density at radius 3 is 2.33 bits per heavy atom. The van der Waals surface area contributed by atoms with Gasteiger partial charge in [0.05, 0.1) is 39.2 Å². The van der Waals surface area contributed by atoms with Crippen molar-refractivity contribution < 1.29 is 23.8 Å². The Hall–Kier alpha value is -4.03. The highest BCUT2D eigenvalue weighted by atomic mass is 32.2. The summed E-state index contributed by atoms with van der Waals surface area (Å²) in [5.41, 5.74) is 0.727. The molecule has 0 N–H and O–H groups in total. The van der Waals surface area contributed by atoms with Crippen LogP contribution in [-0.2, 0) is 4.79 Å². The van der Waals surface area contributed by atoms with E-state index in [0.717, 1.165) is 11.8 Å². The number of nitro benzene ring substituents is 2. The SMILES string of the molecule is COc1cc([N+](=O)[O-])ccc1-c1ccc(/C=C2\SC(=S)N(c3ccc([N+](=O)[O-])cc3)C2=O)o1. The summed E-state index contributed by atoms with van der Waals surface area (Å²) in [7, 11) is 1.40. The number of amides is 1. The maximum atomic E-state index is 12.9. The van der Waals surface area contributed by atoms with Crippen LogP contribution in [0, 0.1) is 20.2 Å². The highest BCUT2D eigenvalue weighted by Gasteiger charge is 2.33.